The van der Waals surface area contributed by atoms with Crippen molar-refractivity contribution < 1.29 is 23.4 Å². The summed E-state index contributed by atoms with van der Waals surface area (Å²) < 4.78 is 26.5. The molecule has 0 unspecified atom stereocenters. The van der Waals surface area contributed by atoms with Gasteiger partial charge in [0.05, 0.1) is 6.20 Å². The van der Waals surface area contributed by atoms with E-state index in [1.165, 1.54) is 12.1 Å². The average molecular weight is 311 g/mol. The van der Waals surface area contributed by atoms with Gasteiger partial charge in [-0.25, -0.2) is 4.79 Å². The van der Waals surface area contributed by atoms with E-state index < -0.39 is 26.6 Å². The maximum atomic E-state index is 12.1. The maximum absolute atomic E-state index is 12.1. The van der Waals surface area contributed by atoms with Gasteiger partial charge in [0.2, 0.25) is 0 Å². The van der Waals surface area contributed by atoms with Gasteiger partial charge in [-0.15, -0.1) is 0 Å². The van der Waals surface area contributed by atoms with Gasteiger partial charge in [-0.05, 0) is 24.1 Å². The smallest absolute Gasteiger partial charge is 0.340 e. The number of carboxylic acid groups (broad SMARTS) is 1. The zero-order chi connectivity index (χ0) is 15.5. The van der Waals surface area contributed by atoms with Crippen molar-refractivity contribution >= 4 is 21.7 Å². The van der Waals surface area contributed by atoms with E-state index in [9.17, 15) is 13.2 Å². The first-order chi connectivity index (χ1) is 9.94. The molecule has 0 atom stereocenters. The van der Waals surface area contributed by atoms with Crippen molar-refractivity contribution in [2.45, 2.75) is 11.4 Å². The van der Waals surface area contributed by atoms with Crippen LogP contribution in [0.4, 0.5) is 5.69 Å². The molecule has 4 N–H and O–H groups in total. The average Bonchev–Trinajstić information content (AvgIpc) is 2.91. The Labute approximate surface area is 120 Å². The van der Waals surface area contributed by atoms with Gasteiger partial charge in [-0.1, -0.05) is 12.1 Å². The molecular weight excluding hydrogens is 298 g/mol. The molecule has 0 fully saturated rings. The highest BCUT2D eigenvalue weighted by atomic mass is 32.2. The molecule has 8 nitrogen and oxygen atoms in total. The molecule has 2 aromatic rings. The van der Waals surface area contributed by atoms with Crippen LogP contribution in [0.5, 0.6) is 0 Å². The van der Waals surface area contributed by atoms with Crippen LogP contribution in [0.2, 0.25) is 0 Å². The number of anilines is 1. The van der Waals surface area contributed by atoms with Crippen LogP contribution >= 0.6 is 0 Å². The van der Waals surface area contributed by atoms with Crippen LogP contribution in [0.1, 0.15) is 15.9 Å². The summed E-state index contributed by atoms with van der Waals surface area (Å²) in [4.78, 5) is 10.9. The lowest BCUT2D eigenvalue weighted by atomic mass is 10.1. The Morgan fingerprint density at radius 2 is 1.95 bits per heavy atom. The standard InChI is InChI=1S/C12H13N3O5S/c16-6-5-8-1-3-9(4-2-8)15-21(19,20)11-10(12(17)18)7-13-14-11/h1-4,7,15-16H,5-6H2,(H,13,14)(H,17,18). The lowest BCUT2D eigenvalue weighted by Crippen LogP contribution is -2.16. The topological polar surface area (TPSA) is 132 Å². The molecule has 21 heavy (non-hydrogen) atoms. The number of benzene rings is 1. The minimum Gasteiger partial charge on any atom is -0.478 e. The van der Waals surface area contributed by atoms with Gasteiger partial charge >= 0.3 is 5.97 Å². The number of aromatic amines is 1. The third-order valence-corrected chi connectivity index (χ3v) is 4.06. The van der Waals surface area contributed by atoms with Crippen LogP contribution in [0.3, 0.4) is 0 Å². The van der Waals surface area contributed by atoms with Crippen molar-refractivity contribution in [2.75, 3.05) is 11.3 Å². The first-order valence-corrected chi connectivity index (χ1v) is 7.41. The van der Waals surface area contributed by atoms with E-state index >= 15 is 0 Å². The molecule has 0 aliphatic carbocycles. The minimum absolute atomic E-state index is 0.00118. The first kappa shape index (κ1) is 15.0. The summed E-state index contributed by atoms with van der Waals surface area (Å²) in [7, 11) is -4.07. The van der Waals surface area contributed by atoms with Gasteiger partial charge < -0.3 is 10.2 Å². The van der Waals surface area contributed by atoms with Crippen molar-refractivity contribution in [3.8, 4) is 0 Å². The number of nitrogens with zero attached hydrogens (tertiary/aromatic N) is 1. The molecule has 1 aromatic carbocycles. The fraction of sp³-hybridized carbons (Fsp3) is 0.167. The van der Waals surface area contributed by atoms with Gasteiger partial charge in [0.25, 0.3) is 10.0 Å². The first-order valence-electron chi connectivity index (χ1n) is 5.93. The van der Waals surface area contributed by atoms with E-state index in [1.54, 1.807) is 12.1 Å². The van der Waals surface area contributed by atoms with Crippen LogP contribution in [-0.2, 0) is 16.4 Å². The fourth-order valence-electron chi connectivity index (χ4n) is 1.71. The number of hydrogen-bond acceptors (Lipinski definition) is 5. The lowest BCUT2D eigenvalue weighted by Gasteiger charge is -2.07. The molecule has 0 radical (unpaired) electrons. The highest BCUT2D eigenvalue weighted by Crippen LogP contribution is 2.18. The quantitative estimate of drug-likeness (QED) is 0.612. The van der Waals surface area contributed by atoms with E-state index in [0.29, 0.717) is 6.42 Å². The molecule has 0 bridgehead atoms. The number of aliphatic hydroxyl groups excluding tert-OH is 1. The van der Waals surface area contributed by atoms with Crippen LogP contribution in [-0.4, -0.2) is 41.4 Å². The summed E-state index contributed by atoms with van der Waals surface area (Å²) in [6, 6.07) is 6.39. The van der Waals surface area contributed by atoms with Gasteiger partial charge in [0, 0.05) is 12.3 Å². The second-order valence-corrected chi connectivity index (χ2v) is 5.81. The molecular formula is C12H13N3O5S. The lowest BCUT2D eigenvalue weighted by molar-refractivity contribution is 0.0692. The molecule has 0 saturated heterocycles. The number of aromatic nitrogens is 2. The van der Waals surface area contributed by atoms with Crippen LogP contribution < -0.4 is 4.72 Å². The third kappa shape index (κ3) is 3.38. The Morgan fingerprint density at radius 3 is 2.52 bits per heavy atom. The van der Waals surface area contributed by atoms with Crippen LogP contribution in [0, 0.1) is 0 Å². The van der Waals surface area contributed by atoms with E-state index in [4.69, 9.17) is 10.2 Å². The number of rotatable bonds is 6. The molecule has 0 aliphatic rings. The Bertz CT molecular complexity index is 737. The molecule has 1 heterocycles. The Morgan fingerprint density at radius 1 is 1.29 bits per heavy atom. The highest BCUT2D eigenvalue weighted by molar-refractivity contribution is 7.92. The molecule has 9 heteroatoms. The predicted molar refractivity (Wildman–Crippen MR) is 73.6 cm³/mol. The third-order valence-electron chi connectivity index (χ3n) is 2.71. The summed E-state index contributed by atoms with van der Waals surface area (Å²) in [5.74, 6) is -1.39. The van der Waals surface area contributed by atoms with E-state index in [2.05, 4.69) is 14.9 Å². The minimum atomic E-state index is -4.07. The van der Waals surface area contributed by atoms with E-state index in [-0.39, 0.29) is 12.3 Å². The van der Waals surface area contributed by atoms with E-state index in [1.807, 2.05) is 0 Å². The number of aliphatic hydroxyl groups is 1. The second-order valence-electron chi connectivity index (χ2n) is 4.19. The number of carbonyl (C=O) groups is 1. The maximum Gasteiger partial charge on any atom is 0.340 e. The number of nitrogens with one attached hydrogen (secondary N) is 2. The monoisotopic (exact) mass is 311 g/mol. The van der Waals surface area contributed by atoms with Gasteiger partial charge in [-0.2, -0.15) is 13.5 Å². The van der Waals surface area contributed by atoms with Crippen molar-refractivity contribution in [1.29, 1.82) is 0 Å². The van der Waals surface area contributed by atoms with Crippen molar-refractivity contribution in [3.63, 3.8) is 0 Å². The number of carboxylic acids is 1. The normalized spacial score (nSPS) is 11.3. The Hall–Kier alpha value is -2.39. The largest absolute Gasteiger partial charge is 0.478 e. The zero-order valence-corrected chi connectivity index (χ0v) is 11.6. The molecule has 0 spiro atoms. The van der Waals surface area contributed by atoms with Gasteiger partial charge in [0.15, 0.2) is 5.03 Å². The molecule has 0 saturated carbocycles. The molecule has 0 aliphatic heterocycles. The fourth-order valence-corrected chi connectivity index (χ4v) is 2.86. The van der Waals surface area contributed by atoms with Gasteiger partial charge in [0.1, 0.15) is 5.56 Å². The Balaban J connectivity index is 2.25. The molecule has 1 aromatic heterocycles. The summed E-state index contributed by atoms with van der Waals surface area (Å²) in [5.41, 5.74) is 0.704. The summed E-state index contributed by atoms with van der Waals surface area (Å²) in [6.07, 6.45) is 1.40. The van der Waals surface area contributed by atoms with Crippen LogP contribution in [0.25, 0.3) is 0 Å². The summed E-state index contributed by atoms with van der Waals surface area (Å²) in [5, 5.41) is 22.8. The van der Waals surface area contributed by atoms with E-state index in [0.717, 1.165) is 11.8 Å². The number of sulfonamides is 1. The molecule has 0 amide bonds. The summed E-state index contributed by atoms with van der Waals surface area (Å²) in [6.45, 7) is 0.00118. The van der Waals surface area contributed by atoms with Crippen molar-refractivity contribution in [1.82, 2.24) is 10.2 Å². The number of aromatic carboxylic acids is 1. The molecule has 2 rings (SSSR count). The SMILES string of the molecule is O=C(O)c1cn[nH]c1S(=O)(=O)Nc1ccc(CCO)cc1. The number of hydrogen-bond donors (Lipinski definition) is 4. The van der Waals surface area contributed by atoms with Gasteiger partial charge in [-0.3, -0.25) is 9.82 Å². The van der Waals surface area contributed by atoms with Crippen molar-refractivity contribution in [2.24, 2.45) is 0 Å². The van der Waals surface area contributed by atoms with Crippen LogP contribution in [0.15, 0.2) is 35.5 Å². The molecule has 112 valence electrons. The second kappa shape index (κ2) is 5.94. The van der Waals surface area contributed by atoms with Crippen molar-refractivity contribution in [3.05, 3.63) is 41.6 Å². The number of H-pyrrole nitrogens is 1. The summed E-state index contributed by atoms with van der Waals surface area (Å²) >= 11 is 0. The zero-order valence-electron chi connectivity index (χ0n) is 10.8. The predicted octanol–water partition coefficient (Wildman–Crippen LogP) is 0.443. The highest BCUT2D eigenvalue weighted by Gasteiger charge is 2.24. The Kier molecular flexibility index (Phi) is 4.24.